The quantitative estimate of drug-likeness (QED) is 0.379. The zero-order chi connectivity index (χ0) is 23.3. The lowest BCUT2D eigenvalue weighted by molar-refractivity contribution is -0.0183. The molecule has 0 spiro atoms. The van der Waals surface area contributed by atoms with Crippen LogP contribution in [0.25, 0.3) is 20.7 Å². The Hall–Kier alpha value is -2.03. The van der Waals surface area contributed by atoms with Crippen molar-refractivity contribution in [1.29, 1.82) is 0 Å². The zero-order valence-electron chi connectivity index (χ0n) is 19.2. The van der Waals surface area contributed by atoms with E-state index in [1.54, 1.807) is 22.4 Å². The Morgan fingerprint density at radius 2 is 1.88 bits per heavy atom. The summed E-state index contributed by atoms with van der Waals surface area (Å²) in [5.41, 5.74) is -0.294. The first kappa shape index (κ1) is 23.1. The van der Waals surface area contributed by atoms with Crippen LogP contribution < -0.4 is 4.90 Å². The van der Waals surface area contributed by atoms with Crippen molar-refractivity contribution < 1.29 is 14.3 Å². The highest BCUT2D eigenvalue weighted by Gasteiger charge is 2.50. The molecule has 2 unspecified atom stereocenters. The molecule has 4 rings (SSSR count). The van der Waals surface area contributed by atoms with Gasteiger partial charge in [-0.3, -0.25) is 4.90 Å². The van der Waals surface area contributed by atoms with Gasteiger partial charge in [0.1, 0.15) is 15.9 Å². The normalized spacial score (nSPS) is 18.6. The van der Waals surface area contributed by atoms with Crippen LogP contribution in [0.4, 0.5) is 10.6 Å². The molecular weight excluding hydrogens is 490 g/mol. The summed E-state index contributed by atoms with van der Waals surface area (Å²) in [5, 5.41) is 1.13. The summed E-state index contributed by atoms with van der Waals surface area (Å²) in [6.45, 7) is 11.6. The third-order valence-corrected chi connectivity index (χ3v) is 6.24. The van der Waals surface area contributed by atoms with Crippen molar-refractivity contribution in [3.63, 3.8) is 0 Å². The van der Waals surface area contributed by atoms with Gasteiger partial charge in [-0.05, 0) is 81.4 Å². The summed E-state index contributed by atoms with van der Waals surface area (Å²) in [5.74, 6) is 0.485. The number of benzene rings is 1. The Morgan fingerprint density at radius 3 is 2.53 bits per heavy atom. The zero-order valence-corrected chi connectivity index (χ0v) is 21.6. The van der Waals surface area contributed by atoms with E-state index in [1.165, 1.54) is 0 Å². The molecule has 0 N–H and O–H groups in total. The Morgan fingerprint density at radius 1 is 1.16 bits per heavy atom. The first-order valence-corrected chi connectivity index (χ1v) is 12.2. The van der Waals surface area contributed by atoms with Crippen LogP contribution in [0.15, 0.2) is 41.1 Å². The smallest absolute Gasteiger partial charge is 0.416 e. The molecule has 3 aromatic rings. The van der Waals surface area contributed by atoms with Crippen LogP contribution >= 0.6 is 27.3 Å². The minimum Gasteiger partial charge on any atom is -0.443 e. The molecule has 32 heavy (non-hydrogen) atoms. The highest BCUT2D eigenvalue weighted by atomic mass is 79.9. The Labute approximate surface area is 201 Å². The summed E-state index contributed by atoms with van der Waals surface area (Å²) in [6, 6.07) is 10.1. The number of rotatable bonds is 4. The second-order valence-electron chi connectivity index (χ2n) is 9.94. The van der Waals surface area contributed by atoms with E-state index in [2.05, 4.69) is 39.1 Å². The van der Waals surface area contributed by atoms with Crippen molar-refractivity contribution in [3.05, 3.63) is 41.1 Å². The average molecular weight is 518 g/mol. The third kappa shape index (κ3) is 5.30. The fourth-order valence-electron chi connectivity index (χ4n) is 3.50. The number of ether oxygens (including phenoxy) is 2. The summed E-state index contributed by atoms with van der Waals surface area (Å²) < 4.78 is 13.7. The number of carbonyl (C=O) groups is 1. The van der Waals surface area contributed by atoms with Crippen molar-refractivity contribution in [2.24, 2.45) is 0 Å². The SMILES string of the molecule is CC(C)(C)OC(=O)N(c1ncc(Br)nc1-c1cc2ccccc2s1)C1CC1OC(C)(C)C. The highest BCUT2D eigenvalue weighted by Crippen LogP contribution is 2.43. The van der Waals surface area contributed by atoms with Crippen LogP contribution in [0.5, 0.6) is 0 Å². The second kappa shape index (κ2) is 8.39. The Bertz CT molecular complexity index is 1120. The van der Waals surface area contributed by atoms with Crippen LogP contribution in [-0.2, 0) is 9.47 Å². The molecule has 1 aliphatic rings. The van der Waals surface area contributed by atoms with E-state index in [-0.39, 0.29) is 17.7 Å². The predicted molar refractivity (Wildman–Crippen MR) is 132 cm³/mol. The lowest BCUT2D eigenvalue weighted by atomic mass is 10.2. The first-order chi connectivity index (χ1) is 14.9. The maximum absolute atomic E-state index is 13.4. The van der Waals surface area contributed by atoms with Gasteiger partial charge in [0.05, 0.1) is 28.8 Å². The third-order valence-electron chi connectivity index (χ3n) is 4.74. The average Bonchev–Trinajstić information content (AvgIpc) is 3.23. The molecule has 2 heterocycles. The molecule has 170 valence electrons. The predicted octanol–water partition coefficient (Wildman–Crippen LogP) is 6.82. The van der Waals surface area contributed by atoms with E-state index in [4.69, 9.17) is 14.5 Å². The van der Waals surface area contributed by atoms with Crippen molar-refractivity contribution in [1.82, 2.24) is 9.97 Å². The van der Waals surface area contributed by atoms with Gasteiger partial charge < -0.3 is 9.47 Å². The van der Waals surface area contributed by atoms with Crippen LogP contribution in [-0.4, -0.2) is 39.4 Å². The number of nitrogens with zero attached hydrogens (tertiary/aromatic N) is 3. The highest BCUT2D eigenvalue weighted by molar-refractivity contribution is 9.10. The monoisotopic (exact) mass is 517 g/mol. The number of fused-ring (bicyclic) bond motifs is 1. The van der Waals surface area contributed by atoms with E-state index in [0.29, 0.717) is 16.1 Å². The van der Waals surface area contributed by atoms with Crippen molar-refractivity contribution in [2.45, 2.75) is 71.3 Å². The fourth-order valence-corrected chi connectivity index (χ4v) is 4.83. The Balaban J connectivity index is 1.78. The number of halogens is 1. The van der Waals surface area contributed by atoms with Gasteiger partial charge in [0, 0.05) is 4.70 Å². The van der Waals surface area contributed by atoms with Crippen molar-refractivity contribution >= 4 is 49.3 Å². The largest absolute Gasteiger partial charge is 0.443 e. The van der Waals surface area contributed by atoms with Crippen molar-refractivity contribution in [2.75, 3.05) is 4.90 Å². The minimum absolute atomic E-state index is 0.0803. The number of thiophene rings is 1. The second-order valence-corrected chi connectivity index (χ2v) is 11.8. The van der Waals surface area contributed by atoms with Gasteiger partial charge in [0.2, 0.25) is 0 Å². The molecule has 1 aromatic carbocycles. The number of hydrogen-bond donors (Lipinski definition) is 0. The van der Waals surface area contributed by atoms with Gasteiger partial charge in [-0.25, -0.2) is 14.8 Å². The van der Waals surface area contributed by atoms with E-state index < -0.39 is 11.7 Å². The van der Waals surface area contributed by atoms with Gasteiger partial charge in [-0.2, -0.15) is 0 Å². The van der Waals surface area contributed by atoms with E-state index in [1.807, 2.05) is 53.7 Å². The maximum atomic E-state index is 13.4. The summed E-state index contributed by atoms with van der Waals surface area (Å²) in [7, 11) is 0. The van der Waals surface area contributed by atoms with Crippen LogP contribution in [0.3, 0.4) is 0 Å². The molecule has 0 radical (unpaired) electrons. The topological polar surface area (TPSA) is 64.5 Å². The number of anilines is 1. The molecule has 1 saturated carbocycles. The molecule has 2 aromatic heterocycles. The van der Waals surface area contributed by atoms with E-state index in [0.717, 1.165) is 21.4 Å². The van der Waals surface area contributed by atoms with Gasteiger partial charge in [0.15, 0.2) is 5.82 Å². The van der Waals surface area contributed by atoms with Crippen LogP contribution in [0.2, 0.25) is 0 Å². The lowest BCUT2D eigenvalue weighted by Gasteiger charge is -2.28. The lowest BCUT2D eigenvalue weighted by Crippen LogP contribution is -2.41. The summed E-state index contributed by atoms with van der Waals surface area (Å²) in [6.07, 6.45) is 1.82. The summed E-state index contributed by atoms with van der Waals surface area (Å²) >= 11 is 5.07. The molecule has 1 amide bonds. The van der Waals surface area contributed by atoms with Crippen LogP contribution in [0, 0.1) is 0 Å². The number of aromatic nitrogens is 2. The molecule has 8 heteroatoms. The standard InChI is InChI=1S/C24H28BrN3O3S/c1-23(2,3)30-16-12-15(16)28(22(29)31-24(4,5)6)21-20(27-19(25)13-26-21)18-11-14-9-7-8-10-17(14)32-18/h7-11,13,15-16H,12H2,1-6H3. The molecule has 6 nitrogen and oxygen atoms in total. The number of hydrogen-bond acceptors (Lipinski definition) is 6. The van der Waals surface area contributed by atoms with E-state index >= 15 is 0 Å². The summed E-state index contributed by atoms with van der Waals surface area (Å²) in [4.78, 5) is 25.3. The molecule has 0 bridgehead atoms. The molecule has 0 aliphatic heterocycles. The van der Waals surface area contributed by atoms with Crippen molar-refractivity contribution in [3.8, 4) is 10.6 Å². The van der Waals surface area contributed by atoms with Crippen LogP contribution in [0.1, 0.15) is 48.0 Å². The fraction of sp³-hybridized carbons (Fsp3) is 0.458. The minimum atomic E-state index is -0.634. The molecule has 0 saturated heterocycles. The van der Waals surface area contributed by atoms with E-state index in [9.17, 15) is 4.79 Å². The van der Waals surface area contributed by atoms with Gasteiger partial charge >= 0.3 is 6.09 Å². The number of carbonyl (C=O) groups excluding carboxylic acids is 1. The molecule has 2 atom stereocenters. The Kier molecular flexibility index (Phi) is 6.07. The first-order valence-electron chi connectivity index (χ1n) is 10.6. The van der Waals surface area contributed by atoms with Gasteiger partial charge in [-0.1, -0.05) is 18.2 Å². The number of amides is 1. The maximum Gasteiger partial charge on any atom is 0.416 e. The molecule has 1 fully saturated rings. The van der Waals surface area contributed by atoms with Gasteiger partial charge in [-0.15, -0.1) is 11.3 Å². The van der Waals surface area contributed by atoms with Gasteiger partial charge in [0.25, 0.3) is 0 Å². The molecular formula is C24H28BrN3O3S. The molecule has 1 aliphatic carbocycles.